The summed E-state index contributed by atoms with van der Waals surface area (Å²) in [6.45, 7) is 5.24. The monoisotopic (exact) mass is 429 g/mol. The molecule has 7 heteroatoms. The zero-order chi connectivity index (χ0) is 15.3. The van der Waals surface area contributed by atoms with Gasteiger partial charge in [0.25, 0.3) is 0 Å². The highest BCUT2D eigenvalue weighted by Gasteiger charge is 2.21. The van der Waals surface area contributed by atoms with E-state index >= 15 is 0 Å². The maximum absolute atomic E-state index is 5.88. The van der Waals surface area contributed by atoms with E-state index in [9.17, 15) is 0 Å². The maximum Gasteiger partial charge on any atom is 0.193 e. The average molecular weight is 429 g/mol. The number of nitrogens with one attached hydrogen (secondary N) is 1. The van der Waals surface area contributed by atoms with Gasteiger partial charge in [-0.1, -0.05) is 0 Å². The number of hydrogen-bond donors (Lipinski definition) is 1. The van der Waals surface area contributed by atoms with Crippen LogP contribution in [0.1, 0.15) is 25.7 Å². The summed E-state index contributed by atoms with van der Waals surface area (Å²) in [4.78, 5) is 6.66. The summed E-state index contributed by atoms with van der Waals surface area (Å²) in [5, 5.41) is 3.39. The van der Waals surface area contributed by atoms with E-state index in [-0.39, 0.29) is 24.0 Å². The van der Waals surface area contributed by atoms with Crippen molar-refractivity contribution in [2.24, 2.45) is 4.99 Å². The Kier molecular flexibility index (Phi) is 14.4. The van der Waals surface area contributed by atoms with E-state index in [1.807, 2.05) is 7.05 Å². The first-order valence-corrected chi connectivity index (χ1v) is 7.87. The second-order valence-corrected chi connectivity index (χ2v) is 5.22. The highest BCUT2D eigenvalue weighted by molar-refractivity contribution is 14.0. The Morgan fingerprint density at radius 1 is 1.09 bits per heavy atom. The minimum Gasteiger partial charge on any atom is -0.385 e. The molecule has 0 aromatic carbocycles. The Bertz CT molecular complexity index is 285. The van der Waals surface area contributed by atoms with Crippen molar-refractivity contribution in [3.63, 3.8) is 0 Å². The molecule has 0 unspecified atom stereocenters. The molecule has 132 valence electrons. The van der Waals surface area contributed by atoms with Gasteiger partial charge in [0.2, 0.25) is 0 Å². The third-order valence-electron chi connectivity index (χ3n) is 3.61. The molecule has 0 bridgehead atoms. The first kappa shape index (κ1) is 21.9. The van der Waals surface area contributed by atoms with Crippen LogP contribution in [0.15, 0.2) is 4.99 Å². The van der Waals surface area contributed by atoms with Gasteiger partial charge in [0.1, 0.15) is 0 Å². The van der Waals surface area contributed by atoms with Crippen LogP contribution in [0.25, 0.3) is 0 Å². The van der Waals surface area contributed by atoms with Crippen molar-refractivity contribution in [3.8, 4) is 0 Å². The zero-order valence-corrected chi connectivity index (χ0v) is 16.5. The van der Waals surface area contributed by atoms with Crippen LogP contribution < -0.4 is 5.32 Å². The fraction of sp³-hybridized carbons (Fsp3) is 0.933. The summed E-state index contributed by atoms with van der Waals surface area (Å²) in [6.07, 6.45) is 4.47. The quantitative estimate of drug-likeness (QED) is 0.262. The van der Waals surface area contributed by atoms with Crippen molar-refractivity contribution >= 4 is 29.9 Å². The number of aliphatic imine (C=N–C) groups is 1. The maximum atomic E-state index is 5.88. The van der Waals surface area contributed by atoms with Crippen molar-refractivity contribution in [1.82, 2.24) is 10.2 Å². The second kappa shape index (κ2) is 14.5. The molecule has 1 aliphatic rings. The molecular formula is C15H32IN3O3. The lowest BCUT2D eigenvalue weighted by atomic mass is 10.1. The molecule has 0 spiro atoms. The van der Waals surface area contributed by atoms with Crippen LogP contribution in [0.3, 0.4) is 0 Å². The number of hydrogen-bond acceptors (Lipinski definition) is 4. The van der Waals surface area contributed by atoms with Gasteiger partial charge in [0, 0.05) is 60.7 Å². The summed E-state index contributed by atoms with van der Waals surface area (Å²) in [7, 11) is 5.29. The lowest BCUT2D eigenvalue weighted by Gasteiger charge is -2.34. The minimum atomic E-state index is 0. The van der Waals surface area contributed by atoms with Gasteiger partial charge in [-0.3, -0.25) is 4.99 Å². The van der Waals surface area contributed by atoms with Gasteiger partial charge in [0.05, 0.1) is 6.10 Å². The van der Waals surface area contributed by atoms with E-state index < -0.39 is 0 Å². The van der Waals surface area contributed by atoms with Crippen LogP contribution in [0.4, 0.5) is 0 Å². The standard InChI is InChI=1S/C15H31N3O3.HI/c1-16-15(17-8-4-11-19-2)18-9-6-14(7-10-18)21-13-5-12-20-3;/h14H,4-13H2,1-3H3,(H,16,17);1H. The summed E-state index contributed by atoms with van der Waals surface area (Å²) in [6, 6.07) is 0. The van der Waals surface area contributed by atoms with E-state index in [0.29, 0.717) is 6.10 Å². The Labute approximate surface area is 152 Å². The third-order valence-corrected chi connectivity index (χ3v) is 3.61. The number of nitrogens with zero attached hydrogens (tertiary/aromatic N) is 2. The third kappa shape index (κ3) is 9.12. The Balaban J connectivity index is 0.00000441. The fourth-order valence-electron chi connectivity index (χ4n) is 2.44. The van der Waals surface area contributed by atoms with Gasteiger partial charge < -0.3 is 24.4 Å². The van der Waals surface area contributed by atoms with Gasteiger partial charge in [0.15, 0.2) is 5.96 Å². The number of methoxy groups -OCH3 is 2. The smallest absolute Gasteiger partial charge is 0.193 e. The van der Waals surface area contributed by atoms with Crippen LogP contribution in [-0.4, -0.2) is 77.7 Å². The molecule has 0 saturated carbocycles. The molecule has 1 rings (SSSR count). The molecule has 1 fully saturated rings. The molecule has 0 radical (unpaired) electrons. The first-order chi connectivity index (χ1) is 10.3. The van der Waals surface area contributed by atoms with Crippen LogP contribution in [0, 0.1) is 0 Å². The predicted molar refractivity (Wildman–Crippen MR) is 100 cm³/mol. The molecule has 1 saturated heterocycles. The van der Waals surface area contributed by atoms with E-state index in [0.717, 1.165) is 71.1 Å². The second-order valence-electron chi connectivity index (χ2n) is 5.22. The zero-order valence-electron chi connectivity index (χ0n) is 14.2. The van der Waals surface area contributed by atoms with Crippen LogP contribution in [0.2, 0.25) is 0 Å². The molecule has 1 aliphatic heterocycles. The van der Waals surface area contributed by atoms with Crippen molar-refractivity contribution in [2.75, 3.05) is 60.7 Å². The van der Waals surface area contributed by atoms with Gasteiger partial charge in [-0.25, -0.2) is 0 Å². The molecule has 0 atom stereocenters. The molecule has 0 aromatic rings. The number of ether oxygens (including phenoxy) is 3. The van der Waals surface area contributed by atoms with E-state index in [1.54, 1.807) is 14.2 Å². The van der Waals surface area contributed by atoms with Gasteiger partial charge in [-0.15, -0.1) is 24.0 Å². The largest absolute Gasteiger partial charge is 0.385 e. The number of rotatable bonds is 9. The Morgan fingerprint density at radius 2 is 1.73 bits per heavy atom. The van der Waals surface area contributed by atoms with Crippen LogP contribution in [-0.2, 0) is 14.2 Å². The number of guanidine groups is 1. The van der Waals surface area contributed by atoms with Crippen molar-refractivity contribution in [1.29, 1.82) is 0 Å². The summed E-state index contributed by atoms with van der Waals surface area (Å²) >= 11 is 0. The average Bonchev–Trinajstić information content (AvgIpc) is 2.53. The molecular weight excluding hydrogens is 397 g/mol. The topological polar surface area (TPSA) is 55.3 Å². The van der Waals surface area contributed by atoms with E-state index in [2.05, 4.69) is 15.2 Å². The van der Waals surface area contributed by atoms with Crippen molar-refractivity contribution in [3.05, 3.63) is 0 Å². The molecule has 0 aromatic heterocycles. The molecule has 0 aliphatic carbocycles. The van der Waals surface area contributed by atoms with Crippen molar-refractivity contribution in [2.45, 2.75) is 31.8 Å². The summed E-state index contributed by atoms with van der Waals surface area (Å²) < 4.78 is 16.0. The summed E-state index contributed by atoms with van der Waals surface area (Å²) in [5.41, 5.74) is 0. The fourth-order valence-corrected chi connectivity index (χ4v) is 2.44. The molecule has 1 heterocycles. The molecule has 0 amide bonds. The summed E-state index contributed by atoms with van der Waals surface area (Å²) in [5.74, 6) is 0.990. The number of likely N-dealkylation sites (tertiary alicyclic amines) is 1. The highest BCUT2D eigenvalue weighted by Crippen LogP contribution is 2.14. The molecule has 22 heavy (non-hydrogen) atoms. The highest BCUT2D eigenvalue weighted by atomic mass is 127. The van der Waals surface area contributed by atoms with Gasteiger partial charge >= 0.3 is 0 Å². The Hall–Kier alpha value is -0.120. The molecule has 1 N–H and O–H groups in total. The van der Waals surface area contributed by atoms with Crippen molar-refractivity contribution < 1.29 is 14.2 Å². The minimum absolute atomic E-state index is 0. The Morgan fingerprint density at radius 3 is 2.32 bits per heavy atom. The van der Waals surface area contributed by atoms with Gasteiger partial charge in [-0.05, 0) is 25.7 Å². The lowest BCUT2D eigenvalue weighted by molar-refractivity contribution is 0.00990. The predicted octanol–water partition coefficient (Wildman–Crippen LogP) is 1.73. The number of halogens is 1. The SMILES string of the molecule is CN=C(NCCCOC)N1CCC(OCCCOC)CC1.I. The van der Waals surface area contributed by atoms with Crippen LogP contribution >= 0.6 is 24.0 Å². The lowest BCUT2D eigenvalue weighted by Crippen LogP contribution is -2.47. The van der Waals surface area contributed by atoms with Crippen LogP contribution in [0.5, 0.6) is 0 Å². The normalized spacial score (nSPS) is 16.5. The van der Waals surface area contributed by atoms with E-state index in [4.69, 9.17) is 14.2 Å². The number of piperidine rings is 1. The first-order valence-electron chi connectivity index (χ1n) is 7.87. The van der Waals surface area contributed by atoms with E-state index in [1.165, 1.54) is 0 Å². The van der Waals surface area contributed by atoms with Gasteiger partial charge in [-0.2, -0.15) is 0 Å². The molecule has 6 nitrogen and oxygen atoms in total.